The molecule has 0 heterocycles. The smallest absolute Gasteiger partial charge is 0.351 e. The maximum atomic E-state index is 11.7. The predicted octanol–water partition coefficient (Wildman–Crippen LogP) is 1.28. The maximum absolute atomic E-state index is 11.7. The van der Waals surface area contributed by atoms with E-state index in [0.29, 0.717) is 0 Å². The first-order valence-electron chi connectivity index (χ1n) is 5.59. The molecule has 17 heavy (non-hydrogen) atoms. The average molecular weight is 267 g/mol. The van der Waals surface area contributed by atoms with Crippen LogP contribution in [0.15, 0.2) is 0 Å². The number of rotatable bonds is 6. The van der Waals surface area contributed by atoms with Gasteiger partial charge < -0.3 is 15.1 Å². The topological polar surface area (TPSA) is 95.9 Å². The van der Waals surface area contributed by atoms with E-state index < -0.39 is 19.8 Å². The molecule has 1 atom stereocenters. The number of hydrogen-bond donors (Lipinski definition) is 3. The maximum Gasteiger partial charge on any atom is 0.470 e. The van der Waals surface area contributed by atoms with E-state index in [2.05, 4.69) is 9.84 Å². The lowest BCUT2D eigenvalue weighted by Crippen LogP contribution is -2.46. The number of phosphoric ester groups is 1. The summed E-state index contributed by atoms with van der Waals surface area (Å²) in [6, 6.07) is -0.0506. The zero-order valence-electron chi connectivity index (χ0n) is 10.9. The normalized spacial score (nSPS) is 14.5. The van der Waals surface area contributed by atoms with Crippen LogP contribution in [0, 0.1) is 11.8 Å². The van der Waals surface area contributed by atoms with Crippen LogP contribution in [0.3, 0.4) is 0 Å². The van der Waals surface area contributed by atoms with Gasteiger partial charge in [-0.1, -0.05) is 27.7 Å². The third-order valence-corrected chi connectivity index (χ3v) is 3.00. The molecule has 0 rings (SSSR count). The molecule has 0 spiro atoms. The van der Waals surface area contributed by atoms with Crippen molar-refractivity contribution in [3.63, 3.8) is 0 Å². The minimum atomic E-state index is -4.63. The van der Waals surface area contributed by atoms with Gasteiger partial charge >= 0.3 is 7.82 Å². The van der Waals surface area contributed by atoms with Crippen LogP contribution in [0.2, 0.25) is 0 Å². The van der Waals surface area contributed by atoms with Crippen molar-refractivity contribution < 1.29 is 23.7 Å². The Morgan fingerprint density at radius 1 is 1.12 bits per heavy atom. The molecule has 1 unspecified atom stereocenters. The molecule has 0 aromatic rings. The quantitative estimate of drug-likeness (QED) is 0.630. The zero-order chi connectivity index (χ0) is 13.8. The van der Waals surface area contributed by atoms with Crippen LogP contribution in [0.1, 0.15) is 34.6 Å². The van der Waals surface area contributed by atoms with Crippen molar-refractivity contribution in [1.29, 1.82) is 0 Å². The molecule has 0 bridgehead atoms. The highest BCUT2D eigenvalue weighted by Gasteiger charge is 2.27. The molecule has 0 aromatic carbocycles. The Balaban J connectivity index is 4.46. The first-order chi connectivity index (χ1) is 7.54. The fourth-order valence-electron chi connectivity index (χ4n) is 1.64. The molecular weight excluding hydrogens is 245 g/mol. The Labute approximate surface area is 102 Å². The molecule has 7 heteroatoms. The SMILES string of the molecule is CC(OP(=O)(O)O)C(=O)NC(C(C)C)C(C)C. The van der Waals surface area contributed by atoms with Crippen molar-refractivity contribution in [2.24, 2.45) is 11.8 Å². The number of phosphoric acid groups is 1. The summed E-state index contributed by atoms with van der Waals surface area (Å²) in [6.45, 7) is 9.20. The zero-order valence-corrected chi connectivity index (χ0v) is 11.8. The Morgan fingerprint density at radius 3 is 1.82 bits per heavy atom. The monoisotopic (exact) mass is 267 g/mol. The molecule has 6 nitrogen and oxygen atoms in total. The molecule has 0 aromatic heterocycles. The van der Waals surface area contributed by atoms with E-state index in [1.165, 1.54) is 6.92 Å². The molecule has 0 radical (unpaired) electrons. The Hall–Kier alpha value is -0.420. The number of carbonyl (C=O) groups excluding carboxylic acids is 1. The van der Waals surface area contributed by atoms with Gasteiger partial charge in [0.25, 0.3) is 0 Å². The molecule has 0 aliphatic rings. The molecule has 102 valence electrons. The Bertz CT molecular complexity index is 291. The number of hydrogen-bond acceptors (Lipinski definition) is 3. The Morgan fingerprint density at radius 2 is 1.53 bits per heavy atom. The Kier molecular flexibility index (Phi) is 6.34. The van der Waals surface area contributed by atoms with Crippen LogP contribution in [0.4, 0.5) is 0 Å². The highest BCUT2D eigenvalue weighted by molar-refractivity contribution is 7.46. The van der Waals surface area contributed by atoms with Gasteiger partial charge in [0.15, 0.2) is 0 Å². The summed E-state index contributed by atoms with van der Waals surface area (Å²) >= 11 is 0. The van der Waals surface area contributed by atoms with Crippen LogP contribution < -0.4 is 5.32 Å². The summed E-state index contributed by atoms with van der Waals surface area (Å²) in [7, 11) is -4.63. The van der Waals surface area contributed by atoms with E-state index in [9.17, 15) is 9.36 Å². The van der Waals surface area contributed by atoms with E-state index in [1.807, 2.05) is 27.7 Å². The standard InChI is InChI=1S/C10H22NO5P/c1-6(2)9(7(3)4)11-10(12)8(5)16-17(13,14)15/h6-9H,1-5H3,(H,11,12)(H2,13,14,15). The fraction of sp³-hybridized carbons (Fsp3) is 0.900. The highest BCUT2D eigenvalue weighted by Crippen LogP contribution is 2.37. The van der Waals surface area contributed by atoms with Gasteiger partial charge in [0, 0.05) is 6.04 Å². The van der Waals surface area contributed by atoms with Crippen molar-refractivity contribution in [3.05, 3.63) is 0 Å². The second-order valence-electron chi connectivity index (χ2n) is 4.76. The second-order valence-corrected chi connectivity index (χ2v) is 5.95. The molecule has 0 fully saturated rings. The highest BCUT2D eigenvalue weighted by atomic mass is 31.2. The average Bonchev–Trinajstić information content (AvgIpc) is 2.09. The van der Waals surface area contributed by atoms with E-state index in [-0.39, 0.29) is 17.9 Å². The van der Waals surface area contributed by atoms with E-state index in [1.54, 1.807) is 0 Å². The lowest BCUT2D eigenvalue weighted by Gasteiger charge is -2.27. The van der Waals surface area contributed by atoms with Crippen LogP contribution in [0.5, 0.6) is 0 Å². The summed E-state index contributed by atoms with van der Waals surface area (Å²) in [5.41, 5.74) is 0. The van der Waals surface area contributed by atoms with Gasteiger partial charge in [-0.05, 0) is 18.8 Å². The van der Waals surface area contributed by atoms with Crippen molar-refractivity contribution in [1.82, 2.24) is 5.32 Å². The molecule has 3 N–H and O–H groups in total. The van der Waals surface area contributed by atoms with Crippen LogP contribution in [-0.4, -0.2) is 27.8 Å². The van der Waals surface area contributed by atoms with Gasteiger partial charge in [0.1, 0.15) is 6.10 Å². The van der Waals surface area contributed by atoms with Crippen molar-refractivity contribution in [3.8, 4) is 0 Å². The predicted molar refractivity (Wildman–Crippen MR) is 64.2 cm³/mol. The first-order valence-corrected chi connectivity index (χ1v) is 7.12. The lowest BCUT2D eigenvalue weighted by atomic mass is 9.93. The molecular formula is C10H22NO5P. The molecule has 0 aliphatic carbocycles. The van der Waals surface area contributed by atoms with Gasteiger partial charge in [-0.2, -0.15) is 0 Å². The lowest BCUT2D eigenvalue weighted by molar-refractivity contribution is -0.129. The minimum Gasteiger partial charge on any atom is -0.351 e. The summed E-state index contributed by atoms with van der Waals surface area (Å²) in [4.78, 5) is 28.9. The van der Waals surface area contributed by atoms with Crippen molar-refractivity contribution in [2.45, 2.75) is 46.8 Å². The third kappa shape index (κ3) is 6.78. The number of carbonyl (C=O) groups is 1. The van der Waals surface area contributed by atoms with Gasteiger partial charge in [0.2, 0.25) is 5.91 Å². The number of amides is 1. The summed E-state index contributed by atoms with van der Waals surface area (Å²) in [5.74, 6) is -0.0388. The van der Waals surface area contributed by atoms with Crippen molar-refractivity contribution in [2.75, 3.05) is 0 Å². The molecule has 0 saturated carbocycles. The largest absolute Gasteiger partial charge is 0.470 e. The first kappa shape index (κ1) is 16.6. The van der Waals surface area contributed by atoms with E-state index in [0.717, 1.165) is 0 Å². The molecule has 0 aliphatic heterocycles. The summed E-state index contributed by atoms with van der Waals surface area (Å²) < 4.78 is 14.9. The fourth-order valence-corrected chi connectivity index (χ4v) is 2.15. The van der Waals surface area contributed by atoms with E-state index in [4.69, 9.17) is 9.79 Å². The van der Waals surface area contributed by atoms with Gasteiger partial charge in [-0.25, -0.2) is 4.57 Å². The van der Waals surface area contributed by atoms with E-state index >= 15 is 0 Å². The van der Waals surface area contributed by atoms with Crippen LogP contribution >= 0.6 is 7.82 Å². The third-order valence-electron chi connectivity index (χ3n) is 2.41. The van der Waals surface area contributed by atoms with Gasteiger partial charge in [0.05, 0.1) is 0 Å². The minimum absolute atomic E-state index is 0.0506. The summed E-state index contributed by atoms with van der Waals surface area (Å²) in [6.07, 6.45) is -1.17. The molecule has 1 amide bonds. The van der Waals surface area contributed by atoms with Crippen molar-refractivity contribution >= 4 is 13.7 Å². The van der Waals surface area contributed by atoms with Crippen LogP contribution in [0.25, 0.3) is 0 Å². The number of nitrogens with one attached hydrogen (secondary N) is 1. The van der Waals surface area contributed by atoms with Crippen LogP contribution in [-0.2, 0) is 13.9 Å². The second kappa shape index (κ2) is 6.50. The van der Waals surface area contributed by atoms with Gasteiger partial charge in [-0.3, -0.25) is 9.32 Å². The van der Waals surface area contributed by atoms with Gasteiger partial charge in [-0.15, -0.1) is 0 Å². The molecule has 0 saturated heterocycles. The summed E-state index contributed by atoms with van der Waals surface area (Å²) in [5, 5.41) is 2.73.